The largest absolute Gasteiger partial charge is 0.275 e. The lowest BCUT2D eigenvalue weighted by molar-refractivity contribution is -0.0646. The summed E-state index contributed by atoms with van der Waals surface area (Å²) in [4.78, 5) is 4.93. The van der Waals surface area contributed by atoms with Crippen molar-refractivity contribution in [2.24, 2.45) is 18.4 Å². The Kier molecular flexibility index (Phi) is 4.56. The topological polar surface area (TPSA) is 113 Å². The third-order valence-electron chi connectivity index (χ3n) is 7.75. The van der Waals surface area contributed by atoms with Crippen molar-refractivity contribution < 1.29 is 0 Å². The number of aromatic nitrogens is 7. The first-order valence-corrected chi connectivity index (χ1v) is 11.7. The van der Waals surface area contributed by atoms with E-state index in [9.17, 15) is 10.5 Å². The number of rotatable bonds is 4. The van der Waals surface area contributed by atoms with Gasteiger partial charge < -0.3 is 0 Å². The molecule has 34 heavy (non-hydrogen) atoms. The van der Waals surface area contributed by atoms with Crippen molar-refractivity contribution in [2.75, 3.05) is 0 Å². The van der Waals surface area contributed by atoms with Crippen LogP contribution in [0.15, 0.2) is 43.1 Å². The highest BCUT2D eigenvalue weighted by Gasteiger charge is 2.56. The summed E-state index contributed by atoms with van der Waals surface area (Å²) in [5.41, 5.74) is 4.06. The average Bonchev–Trinajstić information content (AvgIpc) is 3.58. The van der Waals surface area contributed by atoms with Gasteiger partial charge in [-0.1, -0.05) is 0 Å². The fourth-order valence-corrected chi connectivity index (χ4v) is 6.09. The molecule has 6 rings (SSSR count). The van der Waals surface area contributed by atoms with Crippen LogP contribution < -0.4 is 0 Å². The fourth-order valence-electron chi connectivity index (χ4n) is 6.09. The molecule has 2 fully saturated rings. The van der Waals surface area contributed by atoms with Gasteiger partial charge in [0.1, 0.15) is 11.4 Å². The molecule has 0 N–H and O–H groups in total. The highest BCUT2D eigenvalue weighted by molar-refractivity contribution is 5.77. The van der Waals surface area contributed by atoms with Crippen LogP contribution in [0.4, 0.5) is 0 Å². The Hall–Kier alpha value is -3.98. The number of nitrogens with zero attached hydrogens (tertiary/aromatic N) is 9. The minimum absolute atomic E-state index is 0.184. The van der Waals surface area contributed by atoms with Crippen LogP contribution in [0.3, 0.4) is 0 Å². The molecule has 2 aliphatic rings. The molecule has 1 spiro atoms. The summed E-state index contributed by atoms with van der Waals surface area (Å²) in [6, 6.07) is 8.71. The van der Waals surface area contributed by atoms with Crippen molar-refractivity contribution in [3.63, 3.8) is 0 Å². The summed E-state index contributed by atoms with van der Waals surface area (Å²) < 4.78 is 5.57. The molecule has 4 aromatic heterocycles. The van der Waals surface area contributed by atoms with Gasteiger partial charge in [0.15, 0.2) is 0 Å². The molecule has 0 amide bonds. The lowest BCUT2D eigenvalue weighted by Gasteiger charge is -2.57. The Labute approximate surface area is 197 Å². The molecule has 4 heterocycles. The van der Waals surface area contributed by atoms with Crippen molar-refractivity contribution in [3.8, 4) is 34.8 Å². The lowest BCUT2D eigenvalue weighted by Crippen LogP contribution is -2.54. The molecule has 0 saturated heterocycles. The summed E-state index contributed by atoms with van der Waals surface area (Å²) in [6.07, 6.45) is 15.8. The standard InChI is InChI=1S/C25H25N9/c1-32-11-5-20(31-32)21-15-33-22(4-10-28-33)23(30-21)19-13-29-34(14-19)25(8-9-26)16-24(17-25)6-2-18(12-27)3-7-24/h4-5,10-11,13-15,18H,2-3,6-8,16-17H2,1H3/t18-,24?,25-. The van der Waals surface area contributed by atoms with Crippen LogP contribution >= 0.6 is 0 Å². The maximum absolute atomic E-state index is 9.63. The monoisotopic (exact) mass is 451 g/mol. The Morgan fingerprint density at radius 3 is 2.62 bits per heavy atom. The van der Waals surface area contributed by atoms with E-state index in [2.05, 4.69) is 22.3 Å². The first-order valence-electron chi connectivity index (χ1n) is 11.7. The molecule has 170 valence electrons. The number of aryl methyl sites for hydroxylation is 1. The van der Waals surface area contributed by atoms with Gasteiger partial charge in [0, 0.05) is 30.9 Å². The van der Waals surface area contributed by atoms with Gasteiger partial charge in [-0.05, 0) is 56.1 Å². The quantitative estimate of drug-likeness (QED) is 0.462. The van der Waals surface area contributed by atoms with Crippen molar-refractivity contribution in [3.05, 3.63) is 43.1 Å². The summed E-state index contributed by atoms with van der Waals surface area (Å²) >= 11 is 0. The predicted molar refractivity (Wildman–Crippen MR) is 124 cm³/mol. The van der Waals surface area contributed by atoms with Crippen molar-refractivity contribution in [2.45, 2.75) is 50.5 Å². The third-order valence-corrected chi connectivity index (χ3v) is 7.75. The van der Waals surface area contributed by atoms with Crippen molar-refractivity contribution in [1.29, 1.82) is 10.5 Å². The van der Waals surface area contributed by atoms with Crippen LogP contribution in [-0.2, 0) is 12.6 Å². The third kappa shape index (κ3) is 3.19. The first-order chi connectivity index (χ1) is 16.5. The van der Waals surface area contributed by atoms with E-state index in [0.717, 1.165) is 66.7 Å². The van der Waals surface area contributed by atoms with E-state index >= 15 is 0 Å². The summed E-state index contributed by atoms with van der Waals surface area (Å²) in [7, 11) is 1.88. The van der Waals surface area contributed by atoms with Gasteiger partial charge in [0.05, 0.1) is 53.9 Å². The van der Waals surface area contributed by atoms with Gasteiger partial charge >= 0.3 is 0 Å². The van der Waals surface area contributed by atoms with Gasteiger partial charge in [0.2, 0.25) is 0 Å². The van der Waals surface area contributed by atoms with Gasteiger partial charge in [-0.3, -0.25) is 9.36 Å². The number of fused-ring (bicyclic) bond motifs is 1. The van der Waals surface area contributed by atoms with Crippen LogP contribution in [0, 0.1) is 34.0 Å². The van der Waals surface area contributed by atoms with E-state index in [-0.39, 0.29) is 16.9 Å². The molecule has 9 heteroatoms. The molecule has 0 radical (unpaired) electrons. The van der Waals surface area contributed by atoms with Gasteiger partial charge in [-0.15, -0.1) is 0 Å². The second kappa shape index (κ2) is 7.53. The molecule has 2 saturated carbocycles. The van der Waals surface area contributed by atoms with E-state index in [1.165, 1.54) is 0 Å². The molecular formula is C25H25N9. The molecule has 2 aliphatic carbocycles. The smallest absolute Gasteiger partial charge is 0.112 e. The first kappa shape index (κ1) is 20.6. The summed E-state index contributed by atoms with van der Waals surface area (Å²) in [5, 5.41) is 32.5. The maximum Gasteiger partial charge on any atom is 0.112 e. The summed E-state index contributed by atoms with van der Waals surface area (Å²) in [6.45, 7) is 0. The minimum Gasteiger partial charge on any atom is -0.275 e. The maximum atomic E-state index is 9.63. The van der Waals surface area contributed by atoms with E-state index in [0.29, 0.717) is 6.42 Å². The number of hydrogen-bond donors (Lipinski definition) is 0. The minimum atomic E-state index is -0.290. The predicted octanol–water partition coefficient (Wildman–Crippen LogP) is 4.10. The molecule has 0 atom stereocenters. The second-order valence-electron chi connectivity index (χ2n) is 10.0. The zero-order chi connectivity index (χ0) is 23.3. The molecule has 0 aromatic carbocycles. The normalized spacial score (nSPS) is 26.3. The highest BCUT2D eigenvalue weighted by atomic mass is 15.3. The Morgan fingerprint density at radius 1 is 1.09 bits per heavy atom. The molecule has 0 aliphatic heterocycles. The SMILES string of the molecule is Cn1ccc(-c2cn3nccc3c(-c3cnn([C@]4(CC#N)CC5(CC[C@H](C#N)CC5)C4)c3)n2)n1. The lowest BCUT2D eigenvalue weighted by atomic mass is 9.50. The van der Waals surface area contributed by atoms with E-state index < -0.39 is 0 Å². The van der Waals surface area contributed by atoms with E-state index in [1.807, 2.05) is 53.2 Å². The zero-order valence-corrected chi connectivity index (χ0v) is 19.1. The van der Waals surface area contributed by atoms with E-state index in [1.54, 1.807) is 10.9 Å². The average molecular weight is 452 g/mol. The van der Waals surface area contributed by atoms with Crippen LogP contribution in [0.2, 0.25) is 0 Å². The summed E-state index contributed by atoms with van der Waals surface area (Å²) in [5.74, 6) is 0.184. The van der Waals surface area contributed by atoms with Crippen molar-refractivity contribution >= 4 is 5.52 Å². The molecule has 4 aromatic rings. The highest BCUT2D eigenvalue weighted by Crippen LogP contribution is 2.61. The number of hydrogen-bond acceptors (Lipinski definition) is 6. The van der Waals surface area contributed by atoms with Crippen LogP contribution in [0.25, 0.3) is 28.2 Å². The van der Waals surface area contributed by atoms with Gasteiger partial charge in [0.25, 0.3) is 0 Å². The van der Waals surface area contributed by atoms with Gasteiger partial charge in [-0.2, -0.15) is 25.8 Å². The second-order valence-corrected chi connectivity index (χ2v) is 10.0. The zero-order valence-electron chi connectivity index (χ0n) is 19.1. The molecule has 0 bridgehead atoms. The Morgan fingerprint density at radius 2 is 1.91 bits per heavy atom. The Balaban J connectivity index is 1.34. The molecule has 0 unspecified atom stereocenters. The van der Waals surface area contributed by atoms with E-state index in [4.69, 9.17) is 10.1 Å². The molecular weight excluding hydrogens is 426 g/mol. The Bertz CT molecular complexity index is 1440. The number of nitriles is 2. The fraction of sp³-hybridized carbons (Fsp3) is 0.440. The van der Waals surface area contributed by atoms with Crippen LogP contribution in [0.1, 0.15) is 44.9 Å². The van der Waals surface area contributed by atoms with Crippen LogP contribution in [0.5, 0.6) is 0 Å². The van der Waals surface area contributed by atoms with Gasteiger partial charge in [-0.25, -0.2) is 9.50 Å². The molecule has 9 nitrogen and oxygen atoms in total. The van der Waals surface area contributed by atoms with Crippen molar-refractivity contribution in [1.82, 2.24) is 34.2 Å². The van der Waals surface area contributed by atoms with Crippen LogP contribution in [-0.4, -0.2) is 34.2 Å².